The molecule has 0 spiro atoms. The minimum atomic E-state index is -2.53. The van der Waals surface area contributed by atoms with E-state index in [0.29, 0.717) is 11.1 Å². The van der Waals surface area contributed by atoms with Crippen LogP contribution in [0.4, 0.5) is 20.3 Å². The van der Waals surface area contributed by atoms with Gasteiger partial charge in [-0.1, -0.05) is 12.1 Å². The van der Waals surface area contributed by atoms with Gasteiger partial charge in [0.1, 0.15) is 5.82 Å². The molecule has 3 rings (SSSR count). The van der Waals surface area contributed by atoms with Crippen LogP contribution < -0.4 is 16.4 Å². The van der Waals surface area contributed by atoms with Crippen LogP contribution >= 0.6 is 11.3 Å². The highest BCUT2D eigenvalue weighted by atomic mass is 32.2. The van der Waals surface area contributed by atoms with E-state index in [2.05, 4.69) is 25.6 Å². The number of anilines is 2. The van der Waals surface area contributed by atoms with Crippen LogP contribution in [0.2, 0.25) is 0 Å². The molecule has 0 radical (unpaired) electrons. The van der Waals surface area contributed by atoms with Gasteiger partial charge in [-0.05, 0) is 28.8 Å². The summed E-state index contributed by atoms with van der Waals surface area (Å²) in [5.74, 6) is -0.373. The zero-order valence-electron chi connectivity index (χ0n) is 14.2. The van der Waals surface area contributed by atoms with Gasteiger partial charge < -0.3 is 15.6 Å². The van der Waals surface area contributed by atoms with Gasteiger partial charge in [-0.25, -0.2) is 24.1 Å². The zero-order chi connectivity index (χ0) is 20.1. The zero-order valence-corrected chi connectivity index (χ0v) is 15.8. The number of nitrogen functional groups attached to an aromatic ring is 1. The van der Waals surface area contributed by atoms with E-state index in [9.17, 15) is 17.9 Å². The predicted octanol–water partition coefficient (Wildman–Crippen LogP) is 1.94. The smallest absolute Gasteiger partial charge is 0.321 e. The van der Waals surface area contributed by atoms with E-state index in [1.165, 1.54) is 29.9 Å². The summed E-state index contributed by atoms with van der Waals surface area (Å²) in [4.78, 5) is 23.7. The summed E-state index contributed by atoms with van der Waals surface area (Å²) in [7, 11) is 0. The van der Waals surface area contributed by atoms with Crippen molar-refractivity contribution < 1.29 is 17.9 Å². The second kappa shape index (κ2) is 8.82. The first-order valence-corrected chi connectivity index (χ1v) is 9.84. The number of carbonyl (C=O) groups excluding carboxylic acids is 1. The molecule has 3 aromatic rings. The van der Waals surface area contributed by atoms with Crippen LogP contribution in [0.5, 0.6) is 0 Å². The molecule has 28 heavy (non-hydrogen) atoms. The number of urea groups is 1. The van der Waals surface area contributed by atoms with Crippen molar-refractivity contribution in [1.29, 1.82) is 0 Å². The van der Waals surface area contributed by atoms with E-state index in [1.54, 1.807) is 12.1 Å². The first-order valence-electron chi connectivity index (χ1n) is 7.82. The Morgan fingerprint density at radius 3 is 2.79 bits per heavy atom. The van der Waals surface area contributed by atoms with E-state index in [1.807, 2.05) is 0 Å². The number of thiazole rings is 1. The molecule has 2 heterocycles. The number of nitrogens with two attached hydrogens (primary N) is 1. The normalized spacial score (nSPS) is 12.9. The number of rotatable bonds is 6. The van der Waals surface area contributed by atoms with E-state index in [0.717, 1.165) is 11.3 Å². The van der Waals surface area contributed by atoms with Gasteiger partial charge in [0.05, 0.1) is 10.9 Å². The Bertz CT molecular complexity index is 998. The first kappa shape index (κ1) is 19.8. The van der Waals surface area contributed by atoms with E-state index < -0.39 is 28.2 Å². The number of hydrogen-bond donors (Lipinski definition) is 3. The minimum Gasteiger partial charge on any atom is -0.772 e. The highest BCUT2D eigenvalue weighted by Gasteiger charge is 2.20. The Hall–Kier alpha value is -2.96. The molecule has 146 valence electrons. The van der Waals surface area contributed by atoms with Crippen molar-refractivity contribution >= 4 is 39.5 Å². The average Bonchev–Trinajstić information content (AvgIpc) is 3.09. The Morgan fingerprint density at radius 2 is 2.11 bits per heavy atom. The van der Waals surface area contributed by atoms with Gasteiger partial charge in [-0.15, -0.1) is 11.3 Å². The third kappa shape index (κ3) is 5.06. The number of amides is 2. The number of carbonyl (C=O) groups is 1. The van der Waals surface area contributed by atoms with Crippen molar-refractivity contribution in [3.63, 3.8) is 0 Å². The summed E-state index contributed by atoms with van der Waals surface area (Å²) in [5, 5.41) is 5.71. The molecule has 0 fully saturated rings. The van der Waals surface area contributed by atoms with Gasteiger partial charge in [-0.2, -0.15) is 0 Å². The predicted molar refractivity (Wildman–Crippen MR) is 102 cm³/mol. The van der Waals surface area contributed by atoms with Crippen LogP contribution in [0.1, 0.15) is 22.1 Å². The lowest BCUT2D eigenvalue weighted by atomic mass is 10.2. The summed E-state index contributed by atoms with van der Waals surface area (Å²) < 4.78 is 36.4. The summed E-state index contributed by atoms with van der Waals surface area (Å²) in [6.45, 7) is 0.123. The largest absolute Gasteiger partial charge is 0.772 e. The molecule has 0 aliphatic heterocycles. The molecular weight excluding hydrogens is 407 g/mol. The summed E-state index contributed by atoms with van der Waals surface area (Å²) >= 11 is -1.47. The topological polar surface area (TPSA) is 146 Å². The van der Waals surface area contributed by atoms with Gasteiger partial charge in [0, 0.05) is 29.9 Å². The van der Waals surface area contributed by atoms with Crippen LogP contribution in [-0.4, -0.2) is 29.7 Å². The van der Waals surface area contributed by atoms with Gasteiger partial charge in [0.2, 0.25) is 5.95 Å². The number of halogens is 1. The fourth-order valence-electron chi connectivity index (χ4n) is 2.30. The van der Waals surface area contributed by atoms with Crippen molar-refractivity contribution in [3.05, 3.63) is 64.7 Å². The highest BCUT2D eigenvalue weighted by molar-refractivity contribution is 7.79. The lowest BCUT2D eigenvalue weighted by Crippen LogP contribution is -2.28. The summed E-state index contributed by atoms with van der Waals surface area (Å²) in [5.41, 5.74) is 6.53. The van der Waals surface area contributed by atoms with Crippen molar-refractivity contribution in [2.45, 2.75) is 11.8 Å². The fourth-order valence-corrected chi connectivity index (χ4v) is 3.78. The molecule has 1 aromatic carbocycles. The molecule has 9 nitrogen and oxygen atoms in total. The number of hydrogen-bond acceptors (Lipinski definition) is 8. The molecule has 2 amide bonds. The van der Waals surface area contributed by atoms with Gasteiger partial charge in [-0.3, -0.25) is 9.53 Å². The maximum atomic E-state index is 13.1. The lowest BCUT2D eigenvalue weighted by molar-refractivity contribution is 0.251. The minimum absolute atomic E-state index is 0.0229. The molecule has 2 aromatic heterocycles. The molecule has 2 atom stereocenters. The van der Waals surface area contributed by atoms with Crippen LogP contribution in [0.25, 0.3) is 0 Å². The number of nitrogens with zero attached hydrogens (tertiary/aromatic N) is 3. The molecule has 0 saturated carbocycles. The van der Waals surface area contributed by atoms with E-state index in [4.69, 9.17) is 5.73 Å². The van der Waals surface area contributed by atoms with Crippen LogP contribution in [0, 0.1) is 5.82 Å². The Labute approximate surface area is 165 Å². The Kier molecular flexibility index (Phi) is 6.23. The van der Waals surface area contributed by atoms with Crippen LogP contribution in [0.15, 0.2) is 42.0 Å². The number of benzene rings is 1. The molecule has 0 aliphatic rings. The fraction of sp³-hybridized carbons (Fsp3) is 0.125. The third-order valence-corrected chi connectivity index (χ3v) is 5.21. The Morgan fingerprint density at radius 1 is 1.36 bits per heavy atom. The number of nitrogens with one attached hydrogen (secondary N) is 2. The molecule has 2 unspecified atom stereocenters. The lowest BCUT2D eigenvalue weighted by Gasteiger charge is -2.17. The SMILES string of the molecule is Nc1ncc(C(c2csc(NC(=O)NCc3cccc(F)c3)n2)S(=O)[O-])cn1. The second-order valence-corrected chi connectivity index (χ2v) is 7.38. The van der Waals surface area contributed by atoms with Gasteiger partial charge >= 0.3 is 6.03 Å². The summed E-state index contributed by atoms with van der Waals surface area (Å²) in [6.07, 6.45) is 2.61. The standard InChI is InChI=1S/C16H15FN6O3S2/c17-11-3-1-2-9(4-11)5-21-15(24)23-16-22-12(8-27-16)13(28(25)26)10-6-19-14(18)20-7-10/h1-4,6-8,13H,5H2,(H,25,26)(H2,18,19,20)(H2,21,22,23,24)/p-1. The van der Waals surface area contributed by atoms with Crippen molar-refractivity contribution in [3.8, 4) is 0 Å². The number of aromatic nitrogens is 3. The molecule has 0 saturated heterocycles. The Balaban J connectivity index is 1.65. The van der Waals surface area contributed by atoms with E-state index in [-0.39, 0.29) is 23.3 Å². The second-order valence-electron chi connectivity index (χ2n) is 5.53. The third-order valence-electron chi connectivity index (χ3n) is 3.54. The molecular formula is C16H14FN6O3S2-. The molecule has 12 heteroatoms. The maximum absolute atomic E-state index is 13.1. The van der Waals surface area contributed by atoms with Crippen molar-refractivity contribution in [1.82, 2.24) is 20.3 Å². The van der Waals surface area contributed by atoms with Crippen molar-refractivity contribution in [2.75, 3.05) is 11.1 Å². The molecule has 0 aliphatic carbocycles. The molecule has 0 bridgehead atoms. The maximum Gasteiger partial charge on any atom is 0.321 e. The van der Waals surface area contributed by atoms with Crippen LogP contribution in [0.3, 0.4) is 0 Å². The quantitative estimate of drug-likeness (QED) is 0.516. The van der Waals surface area contributed by atoms with Crippen molar-refractivity contribution in [2.24, 2.45) is 0 Å². The van der Waals surface area contributed by atoms with Crippen LogP contribution in [-0.2, 0) is 17.6 Å². The monoisotopic (exact) mass is 421 g/mol. The van der Waals surface area contributed by atoms with E-state index >= 15 is 0 Å². The highest BCUT2D eigenvalue weighted by Crippen LogP contribution is 2.29. The van der Waals surface area contributed by atoms with Gasteiger partial charge in [0.25, 0.3) is 0 Å². The molecule has 4 N–H and O–H groups in total. The average molecular weight is 421 g/mol. The van der Waals surface area contributed by atoms with Gasteiger partial charge in [0.15, 0.2) is 5.13 Å². The summed E-state index contributed by atoms with van der Waals surface area (Å²) in [6, 6.07) is 5.28. The first-order chi connectivity index (χ1) is 13.4.